The second-order valence-electron chi connectivity index (χ2n) is 5.61. The fraction of sp³-hybridized carbons (Fsp3) is 0.467. The summed E-state index contributed by atoms with van der Waals surface area (Å²) >= 11 is 4.04. The predicted molar refractivity (Wildman–Crippen MR) is 86.2 cm³/mol. The normalized spacial score (nSPS) is 21.5. The average molecular weight is 291 g/mol. The van der Waals surface area contributed by atoms with Gasteiger partial charge in [0, 0.05) is 5.54 Å². The Hall–Kier alpha value is -1.33. The average Bonchev–Trinajstić information content (AvgIpc) is 2.37. The molecule has 2 N–H and O–H groups in total. The Morgan fingerprint density at radius 2 is 2.30 bits per heavy atom. The quantitative estimate of drug-likeness (QED) is 0.842. The molecule has 20 heavy (non-hydrogen) atoms. The molecule has 1 atom stereocenters. The Labute approximate surface area is 125 Å². The van der Waals surface area contributed by atoms with E-state index >= 15 is 0 Å². The maximum atomic E-state index is 12.0. The zero-order valence-electron chi connectivity index (χ0n) is 12.0. The predicted octanol–water partition coefficient (Wildman–Crippen LogP) is 3.02. The van der Waals surface area contributed by atoms with Crippen LogP contribution in [-0.4, -0.2) is 22.3 Å². The van der Waals surface area contributed by atoms with Gasteiger partial charge < -0.3 is 5.73 Å². The van der Waals surface area contributed by atoms with Crippen molar-refractivity contribution in [2.45, 2.75) is 38.6 Å². The molecular formula is C15H21N3OS. The minimum Gasteiger partial charge on any atom is -0.330 e. The van der Waals surface area contributed by atoms with E-state index in [0.717, 1.165) is 36.1 Å². The molecule has 1 aromatic rings. The van der Waals surface area contributed by atoms with Crippen molar-refractivity contribution in [3.05, 3.63) is 30.0 Å². The molecule has 4 nitrogen and oxygen atoms in total. The lowest BCUT2D eigenvalue weighted by Gasteiger charge is -2.44. The first-order valence-corrected chi connectivity index (χ1v) is 7.23. The third-order valence-corrected chi connectivity index (χ3v) is 4.15. The molecule has 1 aliphatic rings. The molecule has 0 spiro atoms. The van der Waals surface area contributed by atoms with E-state index in [9.17, 15) is 4.79 Å². The summed E-state index contributed by atoms with van der Waals surface area (Å²) in [6.45, 7) is 8.40. The second-order valence-corrected chi connectivity index (χ2v) is 6.00. The van der Waals surface area contributed by atoms with E-state index in [1.807, 2.05) is 26.0 Å². The third-order valence-electron chi connectivity index (χ3n) is 3.95. The number of nitrogens with zero attached hydrogens (tertiary/aromatic N) is 2. The van der Waals surface area contributed by atoms with E-state index in [0.29, 0.717) is 12.4 Å². The van der Waals surface area contributed by atoms with Crippen molar-refractivity contribution in [3.63, 3.8) is 0 Å². The van der Waals surface area contributed by atoms with Gasteiger partial charge in [0.15, 0.2) is 0 Å². The lowest BCUT2D eigenvalue weighted by Crippen LogP contribution is -2.52. The number of carbonyl (C=O) groups excluding carboxylic acids is 1. The molecule has 0 aromatic carbocycles. The molecule has 1 unspecified atom stereocenters. The van der Waals surface area contributed by atoms with Gasteiger partial charge in [-0.15, -0.1) is 0 Å². The highest BCUT2D eigenvalue weighted by molar-refractivity contribution is 7.96. The third kappa shape index (κ3) is 2.60. The monoisotopic (exact) mass is 291 g/mol. The number of aryl methyl sites for hydroxylation is 1. The van der Waals surface area contributed by atoms with Crippen LogP contribution in [0, 0.1) is 0 Å². The summed E-state index contributed by atoms with van der Waals surface area (Å²) in [4.78, 5) is 18.3. The SMILES string of the molecule is C=C(C)c1ccc2c(n1)N(C(=O)S)C(C)(CCN)CC2. The summed E-state index contributed by atoms with van der Waals surface area (Å²) in [5.41, 5.74) is 8.15. The fourth-order valence-corrected chi connectivity index (χ4v) is 3.08. The van der Waals surface area contributed by atoms with Crippen molar-refractivity contribution in [3.8, 4) is 0 Å². The summed E-state index contributed by atoms with van der Waals surface area (Å²) < 4.78 is 0. The van der Waals surface area contributed by atoms with E-state index in [1.54, 1.807) is 4.90 Å². The molecule has 2 rings (SSSR count). The van der Waals surface area contributed by atoms with Crippen LogP contribution in [0.15, 0.2) is 18.7 Å². The van der Waals surface area contributed by atoms with Gasteiger partial charge in [-0.2, -0.15) is 0 Å². The highest BCUT2D eigenvalue weighted by Crippen LogP contribution is 2.38. The van der Waals surface area contributed by atoms with Gasteiger partial charge in [0.1, 0.15) is 5.82 Å². The number of thiol groups is 1. The Balaban J connectivity index is 2.54. The molecule has 0 saturated carbocycles. The lowest BCUT2D eigenvalue weighted by atomic mass is 9.84. The minimum atomic E-state index is -0.318. The van der Waals surface area contributed by atoms with Crippen molar-refractivity contribution >= 4 is 29.3 Å². The van der Waals surface area contributed by atoms with Gasteiger partial charge in [-0.1, -0.05) is 25.3 Å². The number of nitrogens with two attached hydrogens (primary N) is 1. The number of carbonyl (C=O) groups is 1. The first kappa shape index (κ1) is 15.1. The minimum absolute atomic E-state index is 0.284. The largest absolute Gasteiger partial charge is 0.330 e. The van der Waals surface area contributed by atoms with Crippen molar-refractivity contribution in [1.82, 2.24) is 4.98 Å². The number of pyridine rings is 1. The van der Waals surface area contributed by atoms with Crippen molar-refractivity contribution in [1.29, 1.82) is 0 Å². The smallest absolute Gasteiger partial charge is 0.284 e. The summed E-state index contributed by atoms with van der Waals surface area (Å²) in [5, 5.41) is -0.284. The summed E-state index contributed by atoms with van der Waals surface area (Å²) in [5.74, 6) is 0.702. The Kier molecular flexibility index (Phi) is 4.20. The molecule has 0 aliphatic carbocycles. The number of aromatic nitrogens is 1. The highest BCUT2D eigenvalue weighted by atomic mass is 32.1. The molecule has 1 aromatic heterocycles. The van der Waals surface area contributed by atoms with Crippen LogP contribution in [-0.2, 0) is 6.42 Å². The topological polar surface area (TPSA) is 59.2 Å². The van der Waals surface area contributed by atoms with E-state index < -0.39 is 0 Å². The Bertz CT molecular complexity index is 558. The standard InChI is InChI=1S/C15H21N3OS/c1-10(2)12-5-4-11-6-7-15(3,8-9-16)18(14(19)20)13(11)17-12/h4-5H,1,6-9,16H2,2-3H3,(H,19,20). The van der Waals surface area contributed by atoms with Crippen LogP contribution < -0.4 is 10.6 Å². The van der Waals surface area contributed by atoms with Gasteiger partial charge in [0.05, 0.1) is 5.69 Å². The number of allylic oxidation sites excluding steroid dienone is 1. The van der Waals surface area contributed by atoms with Crippen LogP contribution >= 0.6 is 12.6 Å². The number of rotatable bonds is 3. The molecular weight excluding hydrogens is 270 g/mol. The van der Waals surface area contributed by atoms with Crippen LogP contribution in [0.25, 0.3) is 5.57 Å². The summed E-state index contributed by atoms with van der Waals surface area (Å²) in [6, 6.07) is 3.98. The van der Waals surface area contributed by atoms with E-state index in [4.69, 9.17) is 5.73 Å². The van der Waals surface area contributed by atoms with Gasteiger partial charge in [0.2, 0.25) is 0 Å². The van der Waals surface area contributed by atoms with E-state index in [2.05, 4.69) is 24.2 Å². The molecule has 1 aliphatic heterocycles. The van der Waals surface area contributed by atoms with Crippen molar-refractivity contribution in [2.75, 3.05) is 11.4 Å². The molecule has 5 heteroatoms. The van der Waals surface area contributed by atoms with Crippen molar-refractivity contribution in [2.24, 2.45) is 5.73 Å². The molecule has 108 valence electrons. The first-order chi connectivity index (χ1) is 9.39. The molecule has 0 saturated heterocycles. The van der Waals surface area contributed by atoms with Gasteiger partial charge in [-0.05, 0) is 56.9 Å². The van der Waals surface area contributed by atoms with Crippen LogP contribution in [0.1, 0.15) is 37.9 Å². The van der Waals surface area contributed by atoms with Gasteiger partial charge in [0.25, 0.3) is 5.24 Å². The molecule has 0 radical (unpaired) electrons. The maximum absolute atomic E-state index is 12.0. The zero-order valence-corrected chi connectivity index (χ0v) is 12.9. The fourth-order valence-electron chi connectivity index (χ4n) is 2.74. The number of hydrogen-bond donors (Lipinski definition) is 2. The molecule has 0 bridgehead atoms. The highest BCUT2D eigenvalue weighted by Gasteiger charge is 2.40. The molecule has 2 heterocycles. The first-order valence-electron chi connectivity index (χ1n) is 6.78. The van der Waals surface area contributed by atoms with Crippen LogP contribution in [0.4, 0.5) is 10.6 Å². The molecule has 1 amide bonds. The lowest BCUT2D eigenvalue weighted by molar-refractivity contribution is 0.253. The van der Waals surface area contributed by atoms with Crippen LogP contribution in [0.3, 0.4) is 0 Å². The second kappa shape index (κ2) is 5.58. The maximum Gasteiger partial charge on any atom is 0.284 e. The summed E-state index contributed by atoms with van der Waals surface area (Å²) in [6.07, 6.45) is 2.50. The van der Waals surface area contributed by atoms with Gasteiger partial charge in [-0.3, -0.25) is 9.69 Å². The summed E-state index contributed by atoms with van der Waals surface area (Å²) in [7, 11) is 0. The zero-order chi connectivity index (χ0) is 14.9. The van der Waals surface area contributed by atoms with Gasteiger partial charge in [-0.25, -0.2) is 4.98 Å². The Morgan fingerprint density at radius 3 is 2.85 bits per heavy atom. The van der Waals surface area contributed by atoms with E-state index in [1.165, 1.54) is 0 Å². The number of anilines is 1. The Morgan fingerprint density at radius 1 is 1.60 bits per heavy atom. The van der Waals surface area contributed by atoms with E-state index in [-0.39, 0.29) is 10.8 Å². The molecule has 0 fully saturated rings. The number of fused-ring (bicyclic) bond motifs is 1. The van der Waals surface area contributed by atoms with Gasteiger partial charge >= 0.3 is 0 Å². The van der Waals surface area contributed by atoms with Crippen molar-refractivity contribution < 1.29 is 4.79 Å². The number of amides is 1. The number of hydrogen-bond acceptors (Lipinski definition) is 3. The van der Waals surface area contributed by atoms with Crippen LogP contribution in [0.5, 0.6) is 0 Å². The van der Waals surface area contributed by atoms with Crippen LogP contribution in [0.2, 0.25) is 0 Å².